The Labute approximate surface area is 114 Å². The lowest BCUT2D eigenvalue weighted by Crippen LogP contribution is -2.09. The number of aryl methyl sites for hydroxylation is 1. The number of hydrogen-bond acceptors (Lipinski definition) is 7. The maximum atomic E-state index is 10.9. The molecule has 0 saturated carbocycles. The van der Waals surface area contributed by atoms with Crippen molar-refractivity contribution in [1.29, 1.82) is 0 Å². The van der Waals surface area contributed by atoms with Crippen molar-refractivity contribution >= 4 is 11.5 Å². The van der Waals surface area contributed by atoms with Crippen LogP contribution in [0.3, 0.4) is 0 Å². The van der Waals surface area contributed by atoms with E-state index in [-0.39, 0.29) is 18.0 Å². The van der Waals surface area contributed by atoms with Gasteiger partial charge in [-0.05, 0) is 18.6 Å². The maximum Gasteiger partial charge on any atom is 0.311 e. The highest BCUT2D eigenvalue weighted by atomic mass is 16.6. The zero-order chi connectivity index (χ0) is 14.5. The van der Waals surface area contributed by atoms with E-state index in [0.29, 0.717) is 11.5 Å². The summed E-state index contributed by atoms with van der Waals surface area (Å²) in [5.41, 5.74) is 3.62. The van der Waals surface area contributed by atoms with E-state index >= 15 is 0 Å². The molecule has 0 fully saturated rings. The topological polar surface area (TPSA) is 116 Å². The summed E-state index contributed by atoms with van der Waals surface area (Å²) < 4.78 is 5.42. The van der Waals surface area contributed by atoms with E-state index in [9.17, 15) is 10.1 Å². The normalized spacial score (nSPS) is 10.1. The van der Waals surface area contributed by atoms with Crippen molar-refractivity contribution < 1.29 is 9.66 Å². The van der Waals surface area contributed by atoms with E-state index in [1.54, 1.807) is 19.1 Å². The third-order valence-electron chi connectivity index (χ3n) is 2.54. The smallest absolute Gasteiger partial charge is 0.311 e. The van der Waals surface area contributed by atoms with Gasteiger partial charge in [0.2, 0.25) is 0 Å². The van der Waals surface area contributed by atoms with Crippen LogP contribution in [0.5, 0.6) is 5.75 Å². The molecule has 0 saturated heterocycles. The molecule has 1 aromatic heterocycles. The molecule has 8 heteroatoms. The maximum absolute atomic E-state index is 10.9. The molecular weight excluding hydrogens is 262 g/mol. The molecule has 8 nitrogen and oxygen atoms in total. The van der Waals surface area contributed by atoms with Crippen LogP contribution in [0.4, 0.5) is 11.5 Å². The predicted octanol–water partition coefficient (Wildman–Crippen LogP) is 1.56. The molecule has 3 N–H and O–H groups in total. The number of nitrogens with two attached hydrogens (primary N) is 1. The highest BCUT2D eigenvalue weighted by molar-refractivity contribution is 5.48. The lowest BCUT2D eigenvalue weighted by Gasteiger charge is -2.07. The summed E-state index contributed by atoms with van der Waals surface area (Å²) in [6, 6.07) is 4.77. The quantitative estimate of drug-likeness (QED) is 0.483. The molecule has 2 rings (SSSR count). The van der Waals surface area contributed by atoms with Crippen LogP contribution >= 0.6 is 0 Å². The van der Waals surface area contributed by atoms with E-state index in [1.165, 1.54) is 18.5 Å². The van der Waals surface area contributed by atoms with E-state index in [4.69, 9.17) is 10.6 Å². The molecule has 2 aromatic rings. The average molecular weight is 275 g/mol. The first-order valence-corrected chi connectivity index (χ1v) is 5.75. The fraction of sp³-hybridized carbons (Fsp3) is 0.167. The van der Waals surface area contributed by atoms with Gasteiger partial charge in [0.1, 0.15) is 6.61 Å². The monoisotopic (exact) mass is 275 g/mol. The van der Waals surface area contributed by atoms with Crippen LogP contribution in [0.1, 0.15) is 11.3 Å². The molecule has 0 spiro atoms. The van der Waals surface area contributed by atoms with Crippen LogP contribution in [0, 0.1) is 17.0 Å². The fourth-order valence-corrected chi connectivity index (χ4v) is 1.55. The zero-order valence-corrected chi connectivity index (χ0v) is 10.7. The summed E-state index contributed by atoms with van der Waals surface area (Å²) in [6.07, 6.45) is 2.93. The SMILES string of the molecule is Cc1ccc(OCc2cnc(NN)cn2)c([N+](=O)[O-])c1. The molecule has 0 aliphatic heterocycles. The van der Waals surface area contributed by atoms with Crippen LogP contribution in [0.2, 0.25) is 0 Å². The minimum atomic E-state index is -0.477. The number of hydrazine groups is 1. The standard InChI is InChI=1S/C12H13N5O3/c1-8-2-3-11(10(4-8)17(18)19)20-7-9-5-15-12(16-13)6-14-9/h2-6H,7,13H2,1H3,(H,15,16). The molecule has 0 amide bonds. The molecule has 0 atom stereocenters. The highest BCUT2D eigenvalue weighted by Crippen LogP contribution is 2.28. The number of anilines is 1. The minimum absolute atomic E-state index is 0.0711. The summed E-state index contributed by atoms with van der Waals surface area (Å²) in [7, 11) is 0. The fourth-order valence-electron chi connectivity index (χ4n) is 1.55. The van der Waals surface area contributed by atoms with Gasteiger partial charge < -0.3 is 10.2 Å². The molecule has 1 aromatic carbocycles. The first-order valence-electron chi connectivity index (χ1n) is 5.75. The summed E-state index contributed by atoms with van der Waals surface area (Å²) >= 11 is 0. The van der Waals surface area contributed by atoms with Crippen LogP contribution < -0.4 is 16.0 Å². The second kappa shape index (κ2) is 5.93. The number of nitrogens with one attached hydrogen (secondary N) is 1. The Morgan fingerprint density at radius 2 is 2.20 bits per heavy atom. The first-order chi connectivity index (χ1) is 9.60. The van der Waals surface area contributed by atoms with Crippen molar-refractivity contribution in [3.8, 4) is 5.75 Å². The number of ether oxygens (including phenoxy) is 1. The lowest BCUT2D eigenvalue weighted by atomic mass is 10.2. The molecular formula is C12H13N5O3. The van der Waals surface area contributed by atoms with Crippen LogP contribution in [-0.2, 0) is 6.61 Å². The van der Waals surface area contributed by atoms with E-state index in [0.717, 1.165) is 5.56 Å². The molecule has 0 bridgehead atoms. The summed E-state index contributed by atoms with van der Waals surface area (Å²) in [5.74, 6) is 5.80. The second-order valence-corrected chi connectivity index (χ2v) is 4.05. The Bertz CT molecular complexity index is 615. The third kappa shape index (κ3) is 3.18. The summed E-state index contributed by atoms with van der Waals surface area (Å²) in [5, 5.41) is 10.9. The third-order valence-corrected chi connectivity index (χ3v) is 2.54. The zero-order valence-electron chi connectivity index (χ0n) is 10.7. The van der Waals surface area contributed by atoms with Gasteiger partial charge in [-0.1, -0.05) is 6.07 Å². The highest BCUT2D eigenvalue weighted by Gasteiger charge is 2.15. The lowest BCUT2D eigenvalue weighted by molar-refractivity contribution is -0.386. The van der Waals surface area contributed by atoms with E-state index < -0.39 is 4.92 Å². The number of benzene rings is 1. The van der Waals surface area contributed by atoms with E-state index in [2.05, 4.69) is 15.4 Å². The number of nitro benzene ring substituents is 1. The van der Waals surface area contributed by atoms with Crippen LogP contribution in [-0.4, -0.2) is 14.9 Å². The number of nitrogen functional groups attached to an aromatic ring is 1. The number of rotatable bonds is 5. The van der Waals surface area contributed by atoms with Crippen LogP contribution in [0.25, 0.3) is 0 Å². The number of nitro groups is 1. The minimum Gasteiger partial charge on any atom is -0.480 e. The van der Waals surface area contributed by atoms with Gasteiger partial charge in [0.15, 0.2) is 11.6 Å². The van der Waals surface area contributed by atoms with Gasteiger partial charge in [-0.2, -0.15) is 0 Å². The molecule has 104 valence electrons. The van der Waals surface area contributed by atoms with Crippen molar-refractivity contribution in [3.05, 3.63) is 52.0 Å². The predicted molar refractivity (Wildman–Crippen MR) is 72.0 cm³/mol. The van der Waals surface area contributed by atoms with Gasteiger partial charge >= 0.3 is 5.69 Å². The van der Waals surface area contributed by atoms with Crippen LogP contribution in [0.15, 0.2) is 30.6 Å². The van der Waals surface area contributed by atoms with Gasteiger partial charge in [-0.3, -0.25) is 15.1 Å². The Morgan fingerprint density at radius 3 is 2.80 bits per heavy atom. The summed E-state index contributed by atoms with van der Waals surface area (Å²) in [4.78, 5) is 18.5. The van der Waals surface area contributed by atoms with Crippen molar-refractivity contribution in [2.24, 2.45) is 5.84 Å². The molecule has 1 heterocycles. The van der Waals surface area contributed by atoms with Gasteiger partial charge in [-0.25, -0.2) is 10.8 Å². The molecule has 0 aliphatic carbocycles. The Kier molecular flexibility index (Phi) is 4.06. The van der Waals surface area contributed by atoms with E-state index in [1.807, 2.05) is 0 Å². The van der Waals surface area contributed by atoms with Crippen molar-refractivity contribution in [2.45, 2.75) is 13.5 Å². The summed E-state index contributed by atoms with van der Waals surface area (Å²) in [6.45, 7) is 1.86. The van der Waals surface area contributed by atoms with Crippen molar-refractivity contribution in [1.82, 2.24) is 9.97 Å². The molecule has 0 unspecified atom stereocenters. The average Bonchev–Trinajstić information content (AvgIpc) is 2.46. The number of hydrogen-bond donors (Lipinski definition) is 2. The van der Waals surface area contributed by atoms with Crippen molar-refractivity contribution in [2.75, 3.05) is 5.43 Å². The number of nitrogens with zero attached hydrogens (tertiary/aromatic N) is 3. The van der Waals surface area contributed by atoms with Gasteiger partial charge in [0.05, 0.1) is 23.0 Å². The molecule has 0 aliphatic rings. The first kappa shape index (κ1) is 13.7. The molecule has 0 radical (unpaired) electrons. The largest absolute Gasteiger partial charge is 0.480 e. The Balaban J connectivity index is 2.12. The van der Waals surface area contributed by atoms with Crippen molar-refractivity contribution in [3.63, 3.8) is 0 Å². The second-order valence-electron chi connectivity index (χ2n) is 4.05. The van der Waals surface area contributed by atoms with Gasteiger partial charge in [-0.15, -0.1) is 0 Å². The molecule has 20 heavy (non-hydrogen) atoms. The van der Waals surface area contributed by atoms with Gasteiger partial charge in [0.25, 0.3) is 0 Å². The Hall–Kier alpha value is -2.74. The Morgan fingerprint density at radius 1 is 1.40 bits per heavy atom. The van der Waals surface area contributed by atoms with Gasteiger partial charge in [0, 0.05) is 6.07 Å². The number of aromatic nitrogens is 2.